The van der Waals surface area contributed by atoms with Crippen LogP contribution in [0, 0.1) is 0 Å². The minimum atomic E-state index is -0.558. The van der Waals surface area contributed by atoms with E-state index < -0.39 is 6.10 Å². The van der Waals surface area contributed by atoms with Crippen molar-refractivity contribution >= 4 is 5.91 Å². The summed E-state index contributed by atoms with van der Waals surface area (Å²) in [5, 5.41) is 12.0. The summed E-state index contributed by atoms with van der Waals surface area (Å²) in [6.07, 6.45) is -0.558. The lowest BCUT2D eigenvalue weighted by Crippen LogP contribution is -2.45. The van der Waals surface area contributed by atoms with Crippen molar-refractivity contribution in [1.82, 2.24) is 10.2 Å². The van der Waals surface area contributed by atoms with E-state index in [0.717, 1.165) is 0 Å². The van der Waals surface area contributed by atoms with Gasteiger partial charge in [0.15, 0.2) is 0 Å². The van der Waals surface area contributed by atoms with Crippen molar-refractivity contribution in [3.8, 4) is 0 Å². The molecule has 0 aliphatic carbocycles. The molecule has 2 atom stereocenters. The van der Waals surface area contributed by atoms with Gasteiger partial charge in [-0.15, -0.1) is 0 Å². The fourth-order valence-corrected chi connectivity index (χ4v) is 1.14. The van der Waals surface area contributed by atoms with Gasteiger partial charge in [-0.25, -0.2) is 0 Å². The Labute approximate surface area is 85.0 Å². The predicted octanol–water partition coefficient (Wildman–Crippen LogP) is -0.940. The van der Waals surface area contributed by atoms with Gasteiger partial charge in [0, 0.05) is 20.7 Å². The minimum Gasteiger partial charge on any atom is -0.389 e. The Morgan fingerprint density at radius 3 is 2.64 bits per heavy atom. The SMILES string of the molecule is CNC(=O)C(C)N(C)CC(O)COC. The van der Waals surface area contributed by atoms with Crippen LogP contribution in [-0.2, 0) is 9.53 Å². The maximum atomic E-state index is 11.2. The van der Waals surface area contributed by atoms with Crippen molar-refractivity contribution < 1.29 is 14.6 Å². The zero-order chi connectivity index (χ0) is 11.1. The van der Waals surface area contributed by atoms with Gasteiger partial charge in [0.25, 0.3) is 0 Å². The van der Waals surface area contributed by atoms with Gasteiger partial charge in [-0.3, -0.25) is 9.69 Å². The molecule has 14 heavy (non-hydrogen) atoms. The second-order valence-electron chi connectivity index (χ2n) is 3.34. The van der Waals surface area contributed by atoms with Crippen molar-refractivity contribution in [3.05, 3.63) is 0 Å². The fraction of sp³-hybridized carbons (Fsp3) is 0.889. The van der Waals surface area contributed by atoms with E-state index in [1.54, 1.807) is 25.9 Å². The number of hydrogen-bond acceptors (Lipinski definition) is 4. The zero-order valence-electron chi connectivity index (χ0n) is 9.28. The molecule has 2 unspecified atom stereocenters. The number of carbonyl (C=O) groups excluding carboxylic acids is 1. The molecule has 0 aromatic heterocycles. The van der Waals surface area contributed by atoms with Crippen LogP contribution >= 0.6 is 0 Å². The van der Waals surface area contributed by atoms with Crippen LogP contribution in [0.5, 0.6) is 0 Å². The Morgan fingerprint density at radius 1 is 1.64 bits per heavy atom. The molecule has 0 aliphatic rings. The van der Waals surface area contributed by atoms with Gasteiger partial charge in [0.2, 0.25) is 5.91 Å². The van der Waals surface area contributed by atoms with Crippen LogP contribution < -0.4 is 5.32 Å². The van der Waals surface area contributed by atoms with Gasteiger partial charge >= 0.3 is 0 Å². The van der Waals surface area contributed by atoms with E-state index in [1.165, 1.54) is 7.11 Å². The Kier molecular flexibility index (Phi) is 6.44. The first kappa shape index (κ1) is 13.4. The largest absolute Gasteiger partial charge is 0.389 e. The number of nitrogens with zero attached hydrogens (tertiary/aromatic N) is 1. The maximum Gasteiger partial charge on any atom is 0.236 e. The van der Waals surface area contributed by atoms with Crippen molar-refractivity contribution in [2.45, 2.75) is 19.1 Å². The fourth-order valence-electron chi connectivity index (χ4n) is 1.14. The molecule has 0 radical (unpaired) electrons. The molecule has 0 spiro atoms. The first-order chi connectivity index (χ1) is 6.52. The molecule has 84 valence electrons. The van der Waals surface area contributed by atoms with E-state index >= 15 is 0 Å². The summed E-state index contributed by atoms with van der Waals surface area (Å²) < 4.78 is 4.79. The number of ether oxygens (including phenoxy) is 1. The number of hydrogen-bond donors (Lipinski definition) is 2. The summed E-state index contributed by atoms with van der Waals surface area (Å²) in [5.74, 6) is -0.0582. The number of aliphatic hydroxyl groups excluding tert-OH is 1. The Morgan fingerprint density at radius 2 is 2.21 bits per heavy atom. The maximum absolute atomic E-state index is 11.2. The number of likely N-dealkylation sites (N-methyl/N-ethyl adjacent to an activating group) is 2. The third-order valence-electron chi connectivity index (χ3n) is 2.14. The monoisotopic (exact) mass is 204 g/mol. The number of aliphatic hydroxyl groups is 1. The Bertz CT molecular complexity index is 175. The zero-order valence-corrected chi connectivity index (χ0v) is 9.28. The van der Waals surface area contributed by atoms with Gasteiger partial charge in [-0.2, -0.15) is 0 Å². The van der Waals surface area contributed by atoms with E-state index in [4.69, 9.17) is 4.74 Å². The molecule has 0 saturated carbocycles. The quantitative estimate of drug-likeness (QED) is 0.586. The summed E-state index contributed by atoms with van der Waals surface area (Å²) in [6, 6.07) is -0.244. The van der Waals surface area contributed by atoms with E-state index in [2.05, 4.69) is 5.32 Å². The van der Waals surface area contributed by atoms with E-state index in [1.807, 2.05) is 0 Å². The normalized spacial score (nSPS) is 15.3. The molecule has 0 saturated heterocycles. The van der Waals surface area contributed by atoms with E-state index in [9.17, 15) is 9.90 Å². The van der Waals surface area contributed by atoms with Crippen LogP contribution in [0.1, 0.15) is 6.92 Å². The van der Waals surface area contributed by atoms with Crippen LogP contribution in [0.2, 0.25) is 0 Å². The topological polar surface area (TPSA) is 61.8 Å². The predicted molar refractivity (Wildman–Crippen MR) is 54.0 cm³/mol. The van der Waals surface area contributed by atoms with Crippen LogP contribution in [-0.4, -0.2) is 62.4 Å². The number of carbonyl (C=O) groups is 1. The smallest absolute Gasteiger partial charge is 0.236 e. The summed E-state index contributed by atoms with van der Waals surface area (Å²) in [5.41, 5.74) is 0. The Balaban J connectivity index is 3.93. The molecule has 0 bridgehead atoms. The number of nitrogens with one attached hydrogen (secondary N) is 1. The average molecular weight is 204 g/mol. The van der Waals surface area contributed by atoms with Crippen LogP contribution in [0.3, 0.4) is 0 Å². The van der Waals surface area contributed by atoms with Crippen molar-refractivity contribution in [2.24, 2.45) is 0 Å². The number of amides is 1. The number of methoxy groups -OCH3 is 1. The summed E-state index contributed by atoms with van der Waals surface area (Å²) in [4.78, 5) is 13.0. The van der Waals surface area contributed by atoms with E-state index in [-0.39, 0.29) is 18.6 Å². The molecule has 5 nitrogen and oxygen atoms in total. The lowest BCUT2D eigenvalue weighted by Gasteiger charge is -2.25. The highest BCUT2D eigenvalue weighted by molar-refractivity contribution is 5.80. The Hall–Kier alpha value is -0.650. The average Bonchev–Trinajstić information content (AvgIpc) is 2.15. The lowest BCUT2D eigenvalue weighted by atomic mass is 10.2. The van der Waals surface area contributed by atoms with E-state index in [0.29, 0.717) is 6.54 Å². The minimum absolute atomic E-state index is 0.0582. The molecular formula is C9H20N2O3. The third-order valence-corrected chi connectivity index (χ3v) is 2.14. The van der Waals surface area contributed by atoms with Crippen molar-refractivity contribution in [3.63, 3.8) is 0 Å². The van der Waals surface area contributed by atoms with Gasteiger partial charge in [0.05, 0.1) is 18.8 Å². The second kappa shape index (κ2) is 6.75. The molecule has 0 aromatic rings. The third kappa shape index (κ3) is 4.55. The lowest BCUT2D eigenvalue weighted by molar-refractivity contribution is -0.125. The molecule has 0 heterocycles. The number of rotatable bonds is 6. The van der Waals surface area contributed by atoms with Crippen molar-refractivity contribution in [2.75, 3.05) is 34.4 Å². The van der Waals surface area contributed by atoms with Crippen LogP contribution in [0.4, 0.5) is 0 Å². The molecule has 0 aliphatic heterocycles. The second-order valence-corrected chi connectivity index (χ2v) is 3.34. The molecule has 0 aromatic carbocycles. The van der Waals surface area contributed by atoms with Crippen LogP contribution in [0.15, 0.2) is 0 Å². The molecule has 0 fully saturated rings. The van der Waals surface area contributed by atoms with Crippen LogP contribution in [0.25, 0.3) is 0 Å². The highest BCUT2D eigenvalue weighted by Gasteiger charge is 2.18. The summed E-state index contributed by atoms with van der Waals surface area (Å²) in [7, 11) is 4.92. The summed E-state index contributed by atoms with van der Waals surface area (Å²) in [6.45, 7) is 2.49. The summed E-state index contributed by atoms with van der Waals surface area (Å²) >= 11 is 0. The highest BCUT2D eigenvalue weighted by Crippen LogP contribution is 1.97. The first-order valence-electron chi connectivity index (χ1n) is 4.61. The molecular weight excluding hydrogens is 184 g/mol. The molecule has 0 rings (SSSR count). The van der Waals surface area contributed by atoms with Gasteiger partial charge < -0.3 is 15.2 Å². The molecule has 2 N–H and O–H groups in total. The highest BCUT2D eigenvalue weighted by atomic mass is 16.5. The van der Waals surface area contributed by atoms with Gasteiger partial charge in [-0.1, -0.05) is 0 Å². The van der Waals surface area contributed by atoms with Gasteiger partial charge in [0.1, 0.15) is 0 Å². The molecule has 5 heteroatoms. The standard InChI is InChI=1S/C9H20N2O3/c1-7(9(13)10-2)11(3)5-8(12)6-14-4/h7-8,12H,5-6H2,1-4H3,(H,10,13). The van der Waals surface area contributed by atoms with Crippen molar-refractivity contribution in [1.29, 1.82) is 0 Å². The van der Waals surface area contributed by atoms with Gasteiger partial charge in [-0.05, 0) is 14.0 Å². The molecule has 1 amide bonds. The first-order valence-corrected chi connectivity index (χ1v) is 4.61.